The van der Waals surface area contributed by atoms with E-state index in [1.54, 1.807) is 19.1 Å². The summed E-state index contributed by atoms with van der Waals surface area (Å²) < 4.78 is 2.03. The average molecular weight is 416 g/mol. The number of carbonyl (C=O) groups is 1. The molecule has 0 bridgehead atoms. The van der Waals surface area contributed by atoms with Crippen LogP contribution in [0.1, 0.15) is 35.8 Å². The summed E-state index contributed by atoms with van der Waals surface area (Å²) >= 11 is 3.48. The normalized spacial score (nSPS) is 12.1. The lowest BCUT2D eigenvalue weighted by molar-refractivity contribution is 0.0940. The first-order chi connectivity index (χ1) is 12.4. The maximum atomic E-state index is 12.6. The van der Waals surface area contributed by atoms with E-state index < -0.39 is 5.69 Å². The zero-order valence-electron chi connectivity index (χ0n) is 14.4. The van der Waals surface area contributed by atoms with Gasteiger partial charge in [0.25, 0.3) is 11.5 Å². The van der Waals surface area contributed by atoms with Crippen LogP contribution in [0.25, 0.3) is 10.9 Å². The first-order valence-electron chi connectivity index (χ1n) is 8.24. The van der Waals surface area contributed by atoms with Crippen molar-refractivity contribution in [1.82, 2.24) is 14.9 Å². The van der Waals surface area contributed by atoms with Gasteiger partial charge in [-0.15, -0.1) is 0 Å². The highest BCUT2D eigenvalue weighted by Crippen LogP contribution is 2.23. The van der Waals surface area contributed by atoms with Gasteiger partial charge in [0.15, 0.2) is 0 Å². The van der Waals surface area contributed by atoms with Gasteiger partial charge in [-0.05, 0) is 43.7 Å². The van der Waals surface area contributed by atoms with Crippen LogP contribution in [0, 0.1) is 0 Å². The molecule has 1 atom stereocenters. The number of amides is 1. The second-order valence-electron chi connectivity index (χ2n) is 5.96. The number of carbonyl (C=O) groups excluding carboxylic acids is 1. The molecule has 2 N–H and O–H groups in total. The number of aromatic nitrogens is 2. The van der Waals surface area contributed by atoms with Crippen molar-refractivity contribution in [3.05, 3.63) is 78.9 Å². The third-order valence-electron chi connectivity index (χ3n) is 4.28. The molecular formula is C19H18BrN3O3. The molecule has 1 aromatic heterocycles. The van der Waals surface area contributed by atoms with Crippen LogP contribution >= 0.6 is 15.9 Å². The summed E-state index contributed by atoms with van der Waals surface area (Å²) in [5, 5.41) is 3.30. The molecule has 2 aromatic carbocycles. The number of nitrogens with zero attached hydrogens (tertiary/aromatic N) is 1. The van der Waals surface area contributed by atoms with E-state index in [2.05, 4.69) is 26.2 Å². The molecule has 0 aliphatic rings. The van der Waals surface area contributed by atoms with Crippen molar-refractivity contribution in [2.45, 2.75) is 26.4 Å². The van der Waals surface area contributed by atoms with Crippen LogP contribution in [-0.4, -0.2) is 15.5 Å². The maximum absolute atomic E-state index is 12.6. The summed E-state index contributed by atoms with van der Waals surface area (Å²) in [6.07, 6.45) is 0. The van der Waals surface area contributed by atoms with Crippen molar-refractivity contribution in [1.29, 1.82) is 0 Å². The Balaban J connectivity index is 1.93. The fourth-order valence-corrected chi connectivity index (χ4v) is 3.50. The number of H-pyrrole nitrogens is 1. The Bertz CT molecular complexity index is 1100. The van der Waals surface area contributed by atoms with Gasteiger partial charge in [0, 0.05) is 16.6 Å². The SMILES string of the molecule is CCn1c(=O)[nH]c2cc(C(=O)NC(C)c3ccccc3Br)ccc2c1=O. The molecule has 7 heteroatoms. The van der Waals surface area contributed by atoms with E-state index in [9.17, 15) is 14.4 Å². The maximum Gasteiger partial charge on any atom is 0.328 e. The Morgan fingerprint density at radius 1 is 1.23 bits per heavy atom. The molecule has 0 saturated carbocycles. The van der Waals surface area contributed by atoms with Crippen LogP contribution in [0.3, 0.4) is 0 Å². The van der Waals surface area contributed by atoms with E-state index >= 15 is 0 Å². The second kappa shape index (κ2) is 7.29. The quantitative estimate of drug-likeness (QED) is 0.686. The van der Waals surface area contributed by atoms with Crippen molar-refractivity contribution < 1.29 is 4.79 Å². The molecule has 0 fully saturated rings. The van der Waals surface area contributed by atoms with Crippen molar-refractivity contribution in [2.75, 3.05) is 0 Å². The van der Waals surface area contributed by atoms with Gasteiger partial charge in [-0.25, -0.2) is 4.79 Å². The number of aromatic amines is 1. The number of rotatable bonds is 4. The van der Waals surface area contributed by atoms with E-state index in [-0.39, 0.29) is 24.1 Å². The highest BCUT2D eigenvalue weighted by atomic mass is 79.9. The summed E-state index contributed by atoms with van der Waals surface area (Å²) in [5.74, 6) is -0.282. The van der Waals surface area contributed by atoms with Gasteiger partial charge in [-0.2, -0.15) is 0 Å². The summed E-state index contributed by atoms with van der Waals surface area (Å²) in [4.78, 5) is 39.5. The first kappa shape index (κ1) is 18.1. The van der Waals surface area contributed by atoms with Gasteiger partial charge in [0.1, 0.15) is 0 Å². The molecule has 1 unspecified atom stereocenters. The van der Waals surface area contributed by atoms with Crippen LogP contribution in [0.2, 0.25) is 0 Å². The van der Waals surface area contributed by atoms with E-state index in [1.807, 2.05) is 31.2 Å². The topological polar surface area (TPSA) is 84.0 Å². The fourth-order valence-electron chi connectivity index (χ4n) is 2.87. The molecule has 3 rings (SSSR count). The molecule has 0 spiro atoms. The first-order valence-corrected chi connectivity index (χ1v) is 9.03. The standard InChI is InChI=1S/C19H18BrN3O3/c1-3-23-18(25)14-9-8-12(10-16(14)22-19(23)26)17(24)21-11(2)13-6-4-5-7-15(13)20/h4-11H,3H2,1-2H3,(H,21,24)(H,22,26). The second-order valence-corrected chi connectivity index (χ2v) is 6.81. The minimum Gasteiger partial charge on any atom is -0.345 e. The Kier molecular flexibility index (Phi) is 5.08. The van der Waals surface area contributed by atoms with Gasteiger partial charge in [0.2, 0.25) is 0 Å². The van der Waals surface area contributed by atoms with E-state index in [0.717, 1.165) is 14.6 Å². The molecule has 0 aliphatic carbocycles. The molecule has 6 nitrogen and oxygen atoms in total. The molecule has 26 heavy (non-hydrogen) atoms. The van der Waals surface area contributed by atoms with E-state index in [4.69, 9.17) is 0 Å². The number of nitrogens with one attached hydrogen (secondary N) is 2. The van der Waals surface area contributed by atoms with Gasteiger partial charge >= 0.3 is 5.69 Å². The largest absolute Gasteiger partial charge is 0.345 e. The summed E-state index contributed by atoms with van der Waals surface area (Å²) in [7, 11) is 0. The Hall–Kier alpha value is -2.67. The number of hydrogen-bond donors (Lipinski definition) is 2. The minimum absolute atomic E-state index is 0.207. The fraction of sp³-hybridized carbons (Fsp3) is 0.211. The van der Waals surface area contributed by atoms with Gasteiger partial charge in [-0.3, -0.25) is 14.2 Å². The lowest BCUT2D eigenvalue weighted by Crippen LogP contribution is -2.34. The van der Waals surface area contributed by atoms with Crippen LogP contribution in [0.5, 0.6) is 0 Å². The molecule has 0 saturated heterocycles. The minimum atomic E-state index is -0.482. The molecule has 0 aliphatic heterocycles. The summed E-state index contributed by atoms with van der Waals surface area (Å²) in [6.45, 7) is 3.91. The summed E-state index contributed by atoms with van der Waals surface area (Å²) in [6, 6.07) is 12.1. The monoisotopic (exact) mass is 415 g/mol. The highest BCUT2D eigenvalue weighted by molar-refractivity contribution is 9.10. The lowest BCUT2D eigenvalue weighted by atomic mass is 10.1. The van der Waals surface area contributed by atoms with Crippen LogP contribution < -0.4 is 16.6 Å². The van der Waals surface area contributed by atoms with Crippen LogP contribution in [-0.2, 0) is 6.54 Å². The number of benzene rings is 2. The molecule has 0 radical (unpaired) electrons. The predicted octanol–water partition coefficient (Wildman–Crippen LogP) is 2.96. The van der Waals surface area contributed by atoms with Crippen LogP contribution in [0.4, 0.5) is 0 Å². The molecule has 1 heterocycles. The smallest absolute Gasteiger partial charge is 0.328 e. The zero-order valence-corrected chi connectivity index (χ0v) is 16.0. The molecular weight excluding hydrogens is 398 g/mol. The summed E-state index contributed by atoms with van der Waals surface area (Å²) in [5.41, 5.74) is 0.844. The van der Waals surface area contributed by atoms with Gasteiger partial charge in [-0.1, -0.05) is 34.1 Å². The number of halogens is 1. The molecule has 1 amide bonds. The Morgan fingerprint density at radius 2 is 1.96 bits per heavy atom. The van der Waals surface area contributed by atoms with Gasteiger partial charge in [0.05, 0.1) is 16.9 Å². The van der Waals surface area contributed by atoms with E-state index in [0.29, 0.717) is 16.5 Å². The third kappa shape index (κ3) is 3.35. The number of fused-ring (bicyclic) bond motifs is 1. The van der Waals surface area contributed by atoms with Crippen LogP contribution in [0.15, 0.2) is 56.5 Å². The lowest BCUT2D eigenvalue weighted by Gasteiger charge is -2.16. The number of hydrogen-bond acceptors (Lipinski definition) is 3. The van der Waals surface area contributed by atoms with Crippen molar-refractivity contribution in [3.8, 4) is 0 Å². The average Bonchev–Trinajstić information content (AvgIpc) is 2.61. The predicted molar refractivity (Wildman–Crippen MR) is 105 cm³/mol. The Labute approximate surface area is 158 Å². The highest BCUT2D eigenvalue weighted by Gasteiger charge is 2.15. The van der Waals surface area contributed by atoms with E-state index in [1.165, 1.54) is 6.07 Å². The van der Waals surface area contributed by atoms with Crippen molar-refractivity contribution >= 4 is 32.7 Å². The van der Waals surface area contributed by atoms with Crippen molar-refractivity contribution in [3.63, 3.8) is 0 Å². The molecule has 134 valence electrons. The van der Waals surface area contributed by atoms with Gasteiger partial charge < -0.3 is 10.3 Å². The molecule has 3 aromatic rings. The third-order valence-corrected chi connectivity index (χ3v) is 5.00. The zero-order chi connectivity index (χ0) is 18.8. The van der Waals surface area contributed by atoms with Crippen molar-refractivity contribution in [2.24, 2.45) is 0 Å². The Morgan fingerprint density at radius 3 is 2.65 bits per heavy atom.